The minimum absolute atomic E-state index is 0.529. The molecule has 3 aromatic rings. The van der Waals surface area contributed by atoms with Gasteiger partial charge >= 0.3 is 0 Å². The zero-order valence-electron chi connectivity index (χ0n) is 14.7. The van der Waals surface area contributed by atoms with Crippen molar-refractivity contribution >= 4 is 27.4 Å². The van der Waals surface area contributed by atoms with E-state index >= 15 is 0 Å². The molecule has 3 rings (SSSR count). The maximum Gasteiger partial charge on any atom is 0.138 e. The van der Waals surface area contributed by atoms with Gasteiger partial charge in [0.1, 0.15) is 17.0 Å². The predicted octanol–water partition coefficient (Wildman–Crippen LogP) is 4.45. The fourth-order valence-corrected chi connectivity index (χ4v) is 3.48. The number of aryl methyl sites for hydroxylation is 1. The monoisotopic (exact) mass is 340 g/mol. The molecule has 5 heteroatoms. The summed E-state index contributed by atoms with van der Waals surface area (Å²) in [6.45, 7) is 8.26. The van der Waals surface area contributed by atoms with Gasteiger partial charge < -0.3 is 5.32 Å². The van der Waals surface area contributed by atoms with Gasteiger partial charge in [-0.2, -0.15) is 0 Å². The predicted molar refractivity (Wildman–Crippen MR) is 103 cm³/mol. The molecule has 0 unspecified atom stereocenters. The molecule has 1 aromatic carbocycles. The summed E-state index contributed by atoms with van der Waals surface area (Å²) in [5.74, 6) is 0.913. The summed E-state index contributed by atoms with van der Waals surface area (Å²) >= 11 is 1.70. The van der Waals surface area contributed by atoms with Crippen LogP contribution < -0.4 is 5.32 Å². The van der Waals surface area contributed by atoms with Crippen molar-refractivity contribution in [2.45, 2.75) is 39.9 Å². The van der Waals surface area contributed by atoms with Crippen LogP contribution in [0.1, 0.15) is 29.9 Å². The molecule has 0 bridgehead atoms. The Morgan fingerprint density at radius 2 is 1.92 bits per heavy atom. The Kier molecular flexibility index (Phi) is 5.11. The zero-order chi connectivity index (χ0) is 17.1. The van der Waals surface area contributed by atoms with E-state index in [4.69, 9.17) is 0 Å². The van der Waals surface area contributed by atoms with Crippen LogP contribution in [0.5, 0.6) is 0 Å². The molecule has 0 fully saturated rings. The maximum atomic E-state index is 4.43. The lowest BCUT2D eigenvalue weighted by Crippen LogP contribution is -2.26. The molecular formula is C19H24N4S. The average molecular weight is 340 g/mol. The first kappa shape index (κ1) is 16.9. The quantitative estimate of drug-likeness (QED) is 0.720. The smallest absolute Gasteiger partial charge is 0.138 e. The van der Waals surface area contributed by atoms with Gasteiger partial charge in [-0.15, -0.1) is 11.3 Å². The molecule has 0 aliphatic rings. The Hall–Kier alpha value is -1.98. The molecular weight excluding hydrogens is 316 g/mol. The Morgan fingerprint density at radius 3 is 2.67 bits per heavy atom. The van der Waals surface area contributed by atoms with Crippen LogP contribution in [0.2, 0.25) is 0 Å². The number of nitrogens with zero attached hydrogens (tertiary/aromatic N) is 3. The lowest BCUT2D eigenvalue weighted by atomic mass is 10.1. The van der Waals surface area contributed by atoms with Crippen molar-refractivity contribution in [1.29, 1.82) is 0 Å². The largest absolute Gasteiger partial charge is 0.365 e. The average Bonchev–Trinajstić information content (AvgIpc) is 2.94. The molecule has 0 saturated carbocycles. The normalized spacial score (nSPS) is 11.6. The highest BCUT2D eigenvalue weighted by Crippen LogP contribution is 2.27. The van der Waals surface area contributed by atoms with Crippen molar-refractivity contribution in [2.24, 2.45) is 0 Å². The number of aromatic nitrogens is 2. The second-order valence-corrected chi connectivity index (χ2v) is 7.66. The molecule has 0 atom stereocenters. The zero-order valence-corrected chi connectivity index (χ0v) is 15.5. The Balaban J connectivity index is 1.79. The van der Waals surface area contributed by atoms with Crippen molar-refractivity contribution in [1.82, 2.24) is 14.9 Å². The van der Waals surface area contributed by atoms with E-state index in [-0.39, 0.29) is 0 Å². The van der Waals surface area contributed by atoms with Crippen LogP contribution >= 0.6 is 11.3 Å². The molecule has 4 nitrogen and oxygen atoms in total. The van der Waals surface area contributed by atoms with E-state index in [1.165, 1.54) is 16.0 Å². The fraction of sp³-hybridized carbons (Fsp3) is 0.368. The SMILES string of the molecule is Cc1cc2c(NCc3ccccc3CN(C)C(C)C)ncnc2s1. The van der Waals surface area contributed by atoms with Gasteiger partial charge in [0.2, 0.25) is 0 Å². The highest BCUT2D eigenvalue weighted by molar-refractivity contribution is 7.18. The molecule has 0 aliphatic heterocycles. The summed E-state index contributed by atoms with van der Waals surface area (Å²) < 4.78 is 0. The van der Waals surface area contributed by atoms with E-state index < -0.39 is 0 Å². The molecule has 1 N–H and O–H groups in total. The van der Waals surface area contributed by atoms with Gasteiger partial charge in [0.15, 0.2) is 0 Å². The molecule has 0 aliphatic carbocycles. The Bertz CT molecular complexity index is 825. The standard InChI is InChI=1S/C19H24N4S/c1-13(2)23(4)11-16-8-6-5-7-15(16)10-20-18-17-9-14(3)24-19(17)22-12-21-18/h5-9,12-13H,10-11H2,1-4H3,(H,20,21,22). The number of hydrogen-bond acceptors (Lipinski definition) is 5. The number of anilines is 1. The summed E-state index contributed by atoms with van der Waals surface area (Å²) in [5, 5.41) is 4.61. The fourth-order valence-electron chi connectivity index (χ4n) is 2.63. The second kappa shape index (κ2) is 7.28. The molecule has 126 valence electrons. The summed E-state index contributed by atoms with van der Waals surface area (Å²) in [6.07, 6.45) is 1.64. The van der Waals surface area contributed by atoms with Crippen molar-refractivity contribution in [2.75, 3.05) is 12.4 Å². The topological polar surface area (TPSA) is 41.0 Å². The minimum atomic E-state index is 0.529. The third kappa shape index (κ3) is 3.74. The molecule has 24 heavy (non-hydrogen) atoms. The van der Waals surface area contributed by atoms with Crippen molar-refractivity contribution in [3.8, 4) is 0 Å². The molecule has 0 radical (unpaired) electrons. The number of rotatable bonds is 6. The first-order chi connectivity index (χ1) is 11.5. The summed E-state index contributed by atoms with van der Waals surface area (Å²) in [7, 11) is 2.16. The third-order valence-electron chi connectivity index (χ3n) is 4.32. The number of hydrogen-bond donors (Lipinski definition) is 1. The van der Waals surface area contributed by atoms with Crippen LogP contribution in [-0.2, 0) is 13.1 Å². The molecule has 0 saturated heterocycles. The highest BCUT2D eigenvalue weighted by atomic mass is 32.1. The summed E-state index contributed by atoms with van der Waals surface area (Å²) in [5.41, 5.74) is 2.66. The van der Waals surface area contributed by atoms with Crippen molar-refractivity contribution < 1.29 is 0 Å². The van der Waals surface area contributed by atoms with E-state index in [1.807, 2.05) is 0 Å². The Morgan fingerprint density at radius 1 is 1.17 bits per heavy atom. The van der Waals surface area contributed by atoms with Crippen molar-refractivity contribution in [3.05, 3.63) is 52.7 Å². The van der Waals surface area contributed by atoms with Crippen LogP contribution in [0.15, 0.2) is 36.7 Å². The van der Waals surface area contributed by atoms with Gasteiger partial charge in [0.05, 0.1) is 5.39 Å². The number of thiophene rings is 1. The molecule has 2 aromatic heterocycles. The van der Waals surface area contributed by atoms with E-state index in [2.05, 4.69) is 78.3 Å². The first-order valence-corrected chi connectivity index (χ1v) is 9.08. The van der Waals surface area contributed by atoms with E-state index in [0.717, 1.165) is 29.1 Å². The van der Waals surface area contributed by atoms with Gasteiger partial charge in [-0.1, -0.05) is 24.3 Å². The number of nitrogens with one attached hydrogen (secondary N) is 1. The molecule has 0 spiro atoms. The van der Waals surface area contributed by atoms with Gasteiger partial charge in [-0.25, -0.2) is 9.97 Å². The lowest BCUT2D eigenvalue weighted by molar-refractivity contribution is 0.265. The van der Waals surface area contributed by atoms with E-state index in [1.54, 1.807) is 17.7 Å². The third-order valence-corrected chi connectivity index (χ3v) is 5.28. The van der Waals surface area contributed by atoms with Crippen LogP contribution in [0.3, 0.4) is 0 Å². The summed E-state index contributed by atoms with van der Waals surface area (Å²) in [6, 6.07) is 11.3. The molecule has 2 heterocycles. The van der Waals surface area contributed by atoms with Gasteiger partial charge in [-0.05, 0) is 45.0 Å². The van der Waals surface area contributed by atoms with Gasteiger partial charge in [0.25, 0.3) is 0 Å². The second-order valence-electron chi connectivity index (χ2n) is 6.43. The maximum absolute atomic E-state index is 4.43. The van der Waals surface area contributed by atoms with Gasteiger partial charge in [0, 0.05) is 24.0 Å². The summed E-state index contributed by atoms with van der Waals surface area (Å²) in [4.78, 5) is 13.4. The van der Waals surface area contributed by atoms with Crippen LogP contribution in [0.25, 0.3) is 10.2 Å². The van der Waals surface area contributed by atoms with Crippen LogP contribution in [0, 0.1) is 6.92 Å². The first-order valence-electron chi connectivity index (χ1n) is 8.26. The van der Waals surface area contributed by atoms with Gasteiger partial charge in [-0.3, -0.25) is 4.90 Å². The lowest BCUT2D eigenvalue weighted by Gasteiger charge is -2.22. The van der Waals surface area contributed by atoms with Crippen molar-refractivity contribution in [3.63, 3.8) is 0 Å². The van der Waals surface area contributed by atoms with E-state index in [9.17, 15) is 0 Å². The number of benzene rings is 1. The molecule has 0 amide bonds. The van der Waals surface area contributed by atoms with E-state index in [0.29, 0.717) is 6.04 Å². The number of fused-ring (bicyclic) bond motifs is 1. The van der Waals surface area contributed by atoms with Crippen LogP contribution in [0.4, 0.5) is 5.82 Å². The highest BCUT2D eigenvalue weighted by Gasteiger charge is 2.10. The minimum Gasteiger partial charge on any atom is -0.365 e. The van der Waals surface area contributed by atoms with Crippen LogP contribution in [-0.4, -0.2) is 28.0 Å². The Labute approximate surface area is 147 Å².